The molecule has 234 valence electrons. The smallest absolute Gasteiger partial charge is 0.0547 e. The fourth-order valence-electron chi connectivity index (χ4n) is 7.71. The van der Waals surface area contributed by atoms with Crippen molar-refractivity contribution >= 4 is 71.2 Å². The van der Waals surface area contributed by atoms with Crippen LogP contribution >= 0.6 is 0 Å². The highest BCUT2D eigenvalue weighted by molar-refractivity contribution is 6.18. The van der Waals surface area contributed by atoms with E-state index in [1.165, 1.54) is 70.9 Å². The van der Waals surface area contributed by atoms with E-state index in [0.29, 0.717) is 0 Å². The Bertz CT molecular complexity index is 2850. The predicted molar refractivity (Wildman–Crippen MR) is 213 cm³/mol. The second kappa shape index (κ2) is 11.5. The first kappa shape index (κ1) is 28.4. The molecular weight excluding hydrogens is 605 g/mol. The molecular formula is C48H32N2. The van der Waals surface area contributed by atoms with Crippen LogP contribution in [0.4, 0.5) is 17.1 Å². The molecule has 50 heavy (non-hydrogen) atoms. The molecule has 0 saturated carbocycles. The van der Waals surface area contributed by atoms with Crippen LogP contribution in [0.5, 0.6) is 0 Å². The van der Waals surface area contributed by atoms with E-state index in [0.717, 1.165) is 17.1 Å². The van der Waals surface area contributed by atoms with E-state index in [1.54, 1.807) is 0 Å². The summed E-state index contributed by atoms with van der Waals surface area (Å²) < 4.78 is 2.40. The van der Waals surface area contributed by atoms with Crippen LogP contribution in [0.2, 0.25) is 0 Å². The summed E-state index contributed by atoms with van der Waals surface area (Å²) in [6, 6.07) is 70.5. The van der Waals surface area contributed by atoms with E-state index in [2.05, 4.69) is 204 Å². The molecule has 0 aliphatic carbocycles. The Kier molecular flexibility index (Phi) is 6.53. The van der Waals surface area contributed by atoms with Gasteiger partial charge in [-0.15, -0.1) is 0 Å². The van der Waals surface area contributed by atoms with E-state index in [4.69, 9.17) is 0 Å². The van der Waals surface area contributed by atoms with Gasteiger partial charge in [-0.3, -0.25) is 0 Å². The fourth-order valence-corrected chi connectivity index (χ4v) is 7.71. The molecule has 0 aliphatic rings. The number of hydrogen-bond donors (Lipinski definition) is 0. The summed E-state index contributed by atoms with van der Waals surface area (Å²) in [7, 11) is 0. The van der Waals surface area contributed by atoms with Crippen molar-refractivity contribution in [1.82, 2.24) is 4.57 Å². The fraction of sp³-hybridized carbons (Fsp3) is 0. The molecule has 0 fully saturated rings. The second-order valence-electron chi connectivity index (χ2n) is 13.0. The number of fused-ring (bicyclic) bond motifs is 7. The van der Waals surface area contributed by atoms with Gasteiger partial charge in [0.25, 0.3) is 0 Å². The highest BCUT2D eigenvalue weighted by atomic mass is 15.1. The molecule has 1 heterocycles. The average molecular weight is 637 g/mol. The normalized spacial score (nSPS) is 11.6. The Balaban J connectivity index is 1.11. The van der Waals surface area contributed by atoms with Gasteiger partial charge < -0.3 is 9.47 Å². The highest BCUT2D eigenvalue weighted by Crippen LogP contribution is 2.40. The maximum Gasteiger partial charge on any atom is 0.0547 e. The zero-order chi connectivity index (χ0) is 33.0. The van der Waals surface area contributed by atoms with E-state index in [-0.39, 0.29) is 0 Å². The van der Waals surface area contributed by atoms with E-state index < -0.39 is 0 Å². The van der Waals surface area contributed by atoms with Gasteiger partial charge in [0.15, 0.2) is 0 Å². The number of nitrogens with zero attached hydrogens (tertiary/aromatic N) is 2. The molecule has 0 aliphatic heterocycles. The van der Waals surface area contributed by atoms with E-state index in [1.807, 2.05) is 0 Å². The summed E-state index contributed by atoms with van der Waals surface area (Å²) in [5.74, 6) is 0. The lowest BCUT2D eigenvalue weighted by molar-refractivity contribution is 1.18. The number of hydrogen-bond acceptors (Lipinski definition) is 1. The third kappa shape index (κ3) is 4.65. The maximum absolute atomic E-state index is 2.40. The van der Waals surface area contributed by atoms with Crippen molar-refractivity contribution in [1.29, 1.82) is 0 Å². The molecule has 0 N–H and O–H groups in total. The SMILES string of the molecule is c1ccc(N(c2ccc(-c3ccc4ccccc4c3)cc2)c2ccc3c(ccc4cc5c6ccccc6n(-c6ccccc6)c5cc43)c2)cc1. The first-order chi connectivity index (χ1) is 24.8. The summed E-state index contributed by atoms with van der Waals surface area (Å²) >= 11 is 0. The van der Waals surface area contributed by atoms with Gasteiger partial charge in [-0.1, -0.05) is 121 Å². The van der Waals surface area contributed by atoms with Gasteiger partial charge >= 0.3 is 0 Å². The lowest BCUT2D eigenvalue weighted by atomic mass is 9.98. The van der Waals surface area contributed by atoms with Crippen molar-refractivity contribution in [2.75, 3.05) is 4.90 Å². The van der Waals surface area contributed by atoms with Crippen LogP contribution in [0.15, 0.2) is 194 Å². The monoisotopic (exact) mass is 636 g/mol. The molecule has 10 rings (SSSR count). The van der Waals surface area contributed by atoms with E-state index in [9.17, 15) is 0 Å². The van der Waals surface area contributed by atoms with Crippen LogP contribution in [-0.2, 0) is 0 Å². The molecule has 0 radical (unpaired) electrons. The zero-order valence-corrected chi connectivity index (χ0v) is 27.4. The van der Waals surface area contributed by atoms with Crippen molar-refractivity contribution in [2.45, 2.75) is 0 Å². The summed E-state index contributed by atoms with van der Waals surface area (Å²) in [5, 5.41) is 10.0. The number of aromatic nitrogens is 1. The topological polar surface area (TPSA) is 8.17 Å². The largest absolute Gasteiger partial charge is 0.310 e. The summed E-state index contributed by atoms with van der Waals surface area (Å²) in [6.45, 7) is 0. The molecule has 1 aromatic heterocycles. The molecule has 0 saturated heterocycles. The van der Waals surface area contributed by atoms with Crippen LogP contribution in [0.25, 0.3) is 70.9 Å². The number of para-hydroxylation sites is 3. The van der Waals surface area contributed by atoms with Gasteiger partial charge in [0.05, 0.1) is 11.0 Å². The molecule has 9 aromatic carbocycles. The Hall–Kier alpha value is -6.64. The molecule has 10 aromatic rings. The molecule has 0 unspecified atom stereocenters. The number of anilines is 3. The first-order valence-corrected chi connectivity index (χ1v) is 17.2. The summed E-state index contributed by atoms with van der Waals surface area (Å²) in [4.78, 5) is 2.35. The molecule has 0 bridgehead atoms. The Labute approximate surface area is 290 Å². The minimum absolute atomic E-state index is 1.12. The lowest BCUT2D eigenvalue weighted by Crippen LogP contribution is -2.09. The maximum atomic E-state index is 2.40. The predicted octanol–water partition coefficient (Wildman–Crippen LogP) is 13.4. The van der Waals surface area contributed by atoms with Crippen molar-refractivity contribution < 1.29 is 0 Å². The standard InChI is InChI=1S/C48H32N2/c1-3-13-39(14-4-1)49(41-25-23-34(24-26-41)36-20-19-33-11-7-8-12-35(33)29-36)42-27-28-43-37(30-42)21-22-38-31-46-44-17-9-10-18-47(44)50(48(46)32-45(38)43)40-15-5-2-6-16-40/h1-32H. The van der Waals surface area contributed by atoms with Crippen molar-refractivity contribution in [3.05, 3.63) is 194 Å². The highest BCUT2D eigenvalue weighted by Gasteiger charge is 2.16. The van der Waals surface area contributed by atoms with Crippen molar-refractivity contribution in [3.63, 3.8) is 0 Å². The Morgan fingerprint density at radius 3 is 1.74 bits per heavy atom. The van der Waals surface area contributed by atoms with Gasteiger partial charge in [0.1, 0.15) is 0 Å². The molecule has 0 amide bonds. The quantitative estimate of drug-likeness (QED) is 0.171. The summed E-state index contributed by atoms with van der Waals surface area (Å²) in [5.41, 5.74) is 9.41. The number of benzene rings is 9. The van der Waals surface area contributed by atoms with Crippen LogP contribution in [0, 0.1) is 0 Å². The van der Waals surface area contributed by atoms with Gasteiger partial charge in [-0.25, -0.2) is 0 Å². The lowest BCUT2D eigenvalue weighted by Gasteiger charge is -2.26. The first-order valence-electron chi connectivity index (χ1n) is 17.2. The van der Waals surface area contributed by atoms with Crippen LogP contribution in [-0.4, -0.2) is 4.57 Å². The van der Waals surface area contributed by atoms with Crippen molar-refractivity contribution in [3.8, 4) is 16.8 Å². The summed E-state index contributed by atoms with van der Waals surface area (Å²) in [6.07, 6.45) is 0. The Morgan fingerprint density at radius 2 is 0.920 bits per heavy atom. The number of rotatable bonds is 5. The molecule has 2 heteroatoms. The minimum atomic E-state index is 1.12. The van der Waals surface area contributed by atoms with Crippen LogP contribution < -0.4 is 4.90 Å². The molecule has 0 atom stereocenters. The van der Waals surface area contributed by atoms with Crippen LogP contribution in [0.3, 0.4) is 0 Å². The average Bonchev–Trinajstić information content (AvgIpc) is 3.51. The molecule has 2 nitrogen and oxygen atoms in total. The van der Waals surface area contributed by atoms with Crippen molar-refractivity contribution in [2.24, 2.45) is 0 Å². The third-order valence-electron chi connectivity index (χ3n) is 10.1. The second-order valence-corrected chi connectivity index (χ2v) is 13.0. The van der Waals surface area contributed by atoms with Gasteiger partial charge in [0.2, 0.25) is 0 Å². The molecule has 0 spiro atoms. The van der Waals surface area contributed by atoms with Crippen LogP contribution in [0.1, 0.15) is 0 Å². The van der Waals surface area contributed by atoms with Gasteiger partial charge in [-0.05, 0) is 116 Å². The Morgan fingerprint density at radius 1 is 0.300 bits per heavy atom. The third-order valence-corrected chi connectivity index (χ3v) is 10.1. The van der Waals surface area contributed by atoms with E-state index >= 15 is 0 Å². The zero-order valence-electron chi connectivity index (χ0n) is 27.4. The van der Waals surface area contributed by atoms with Gasteiger partial charge in [0, 0.05) is 33.5 Å². The van der Waals surface area contributed by atoms with Gasteiger partial charge in [-0.2, -0.15) is 0 Å². The minimum Gasteiger partial charge on any atom is -0.310 e.